The third-order valence-electron chi connectivity index (χ3n) is 3.89. The Labute approximate surface area is 127 Å². The monoisotopic (exact) mass is 296 g/mol. The zero-order valence-electron chi connectivity index (χ0n) is 12.9. The summed E-state index contributed by atoms with van der Waals surface area (Å²) in [5, 5.41) is 4.33. The number of piperazine rings is 1. The number of nitrogens with zero attached hydrogens (tertiary/aromatic N) is 1. The fourth-order valence-corrected chi connectivity index (χ4v) is 2.63. The molecule has 20 heavy (non-hydrogen) atoms. The van der Waals surface area contributed by atoms with Crippen LogP contribution in [0.25, 0.3) is 0 Å². The van der Waals surface area contributed by atoms with E-state index < -0.39 is 0 Å². The van der Waals surface area contributed by atoms with Crippen molar-refractivity contribution in [2.75, 3.05) is 26.2 Å². The van der Waals surface area contributed by atoms with Crippen LogP contribution in [0, 0.1) is 0 Å². The number of ether oxygens (including phenoxy) is 1. The summed E-state index contributed by atoms with van der Waals surface area (Å²) in [6.45, 7) is 12.7. The minimum Gasteiger partial charge on any atom is -0.492 e. The van der Waals surface area contributed by atoms with Crippen LogP contribution >= 0.6 is 11.6 Å². The highest BCUT2D eigenvalue weighted by molar-refractivity contribution is 6.30. The first-order valence-electron chi connectivity index (χ1n) is 7.17. The molecule has 1 N–H and O–H groups in total. The van der Waals surface area contributed by atoms with Crippen molar-refractivity contribution in [3.05, 3.63) is 29.3 Å². The topological polar surface area (TPSA) is 24.5 Å². The van der Waals surface area contributed by atoms with Crippen LogP contribution in [0.5, 0.6) is 5.75 Å². The van der Waals surface area contributed by atoms with Gasteiger partial charge in [-0.15, -0.1) is 0 Å². The number of benzene rings is 1. The lowest BCUT2D eigenvalue weighted by Gasteiger charge is -2.49. The van der Waals surface area contributed by atoms with Crippen molar-refractivity contribution in [3.63, 3.8) is 0 Å². The SMILES string of the molecule is CC1(C)CN(CCOc2ccc(Cl)cc2)C(C)(C)CN1. The van der Waals surface area contributed by atoms with Gasteiger partial charge in [0.1, 0.15) is 12.4 Å². The van der Waals surface area contributed by atoms with E-state index in [0.29, 0.717) is 6.61 Å². The average Bonchev–Trinajstić information content (AvgIpc) is 2.37. The Hall–Kier alpha value is -0.770. The maximum atomic E-state index is 5.87. The van der Waals surface area contributed by atoms with E-state index >= 15 is 0 Å². The summed E-state index contributed by atoms with van der Waals surface area (Å²) in [5.74, 6) is 0.876. The summed E-state index contributed by atoms with van der Waals surface area (Å²) in [5.41, 5.74) is 0.328. The summed E-state index contributed by atoms with van der Waals surface area (Å²) in [7, 11) is 0. The molecule has 0 atom stereocenters. The molecule has 0 unspecified atom stereocenters. The highest BCUT2D eigenvalue weighted by atomic mass is 35.5. The van der Waals surface area contributed by atoms with E-state index in [-0.39, 0.29) is 11.1 Å². The van der Waals surface area contributed by atoms with E-state index in [1.807, 2.05) is 24.3 Å². The molecule has 4 heteroatoms. The van der Waals surface area contributed by atoms with Gasteiger partial charge >= 0.3 is 0 Å². The zero-order chi connectivity index (χ0) is 14.8. The van der Waals surface area contributed by atoms with Gasteiger partial charge in [-0.1, -0.05) is 11.6 Å². The normalized spacial score (nSPS) is 21.6. The molecule has 1 saturated heterocycles. The Morgan fingerprint density at radius 2 is 1.85 bits per heavy atom. The highest BCUT2D eigenvalue weighted by Crippen LogP contribution is 2.23. The molecule has 0 aliphatic carbocycles. The highest BCUT2D eigenvalue weighted by Gasteiger charge is 2.37. The lowest BCUT2D eigenvalue weighted by atomic mass is 9.91. The van der Waals surface area contributed by atoms with Crippen LogP contribution in [0.3, 0.4) is 0 Å². The maximum Gasteiger partial charge on any atom is 0.119 e. The molecule has 1 fully saturated rings. The largest absolute Gasteiger partial charge is 0.492 e. The second-order valence-corrected chi connectivity index (χ2v) is 7.21. The Morgan fingerprint density at radius 1 is 1.20 bits per heavy atom. The van der Waals surface area contributed by atoms with E-state index in [9.17, 15) is 0 Å². The molecule has 0 spiro atoms. The van der Waals surface area contributed by atoms with Crippen molar-refractivity contribution in [2.45, 2.75) is 38.8 Å². The molecule has 3 nitrogen and oxygen atoms in total. The van der Waals surface area contributed by atoms with Crippen molar-refractivity contribution in [3.8, 4) is 5.75 Å². The Kier molecular flexibility index (Phi) is 4.62. The van der Waals surface area contributed by atoms with Crippen LogP contribution in [0.2, 0.25) is 5.02 Å². The molecule has 1 heterocycles. The number of hydrogen-bond donors (Lipinski definition) is 1. The van der Waals surface area contributed by atoms with E-state index in [4.69, 9.17) is 16.3 Å². The lowest BCUT2D eigenvalue weighted by molar-refractivity contribution is 0.0290. The number of nitrogens with one attached hydrogen (secondary N) is 1. The summed E-state index contributed by atoms with van der Waals surface area (Å²) < 4.78 is 5.80. The van der Waals surface area contributed by atoms with Crippen LogP contribution < -0.4 is 10.1 Å². The predicted molar refractivity (Wildman–Crippen MR) is 84.7 cm³/mol. The van der Waals surface area contributed by atoms with Gasteiger partial charge in [-0.05, 0) is 52.0 Å². The van der Waals surface area contributed by atoms with E-state index in [1.54, 1.807) is 0 Å². The van der Waals surface area contributed by atoms with Crippen LogP contribution in [-0.4, -0.2) is 42.2 Å². The first kappa shape index (κ1) is 15.6. The molecule has 112 valence electrons. The standard InChI is InChI=1S/C16H25ClN2O/c1-15(2)12-19(16(3,4)11-18-15)9-10-20-14-7-5-13(17)6-8-14/h5-8,18H,9-12H2,1-4H3. The second kappa shape index (κ2) is 5.92. The molecule has 1 aromatic rings. The minimum atomic E-state index is 0.162. The summed E-state index contributed by atoms with van der Waals surface area (Å²) in [6.07, 6.45) is 0. The molecule has 0 radical (unpaired) electrons. The lowest BCUT2D eigenvalue weighted by Crippen LogP contribution is -2.66. The molecule has 0 aromatic heterocycles. The molecular weight excluding hydrogens is 272 g/mol. The molecule has 1 aliphatic rings. The summed E-state index contributed by atoms with van der Waals surface area (Å²) in [6, 6.07) is 7.54. The Balaban J connectivity index is 1.87. The quantitative estimate of drug-likeness (QED) is 0.923. The predicted octanol–water partition coefficient (Wildman–Crippen LogP) is 3.18. The van der Waals surface area contributed by atoms with Gasteiger partial charge in [0.2, 0.25) is 0 Å². The fraction of sp³-hybridized carbons (Fsp3) is 0.625. The third-order valence-corrected chi connectivity index (χ3v) is 4.14. The molecule has 1 aliphatic heterocycles. The van der Waals surface area contributed by atoms with Gasteiger partial charge in [0.05, 0.1) is 0 Å². The molecule has 0 amide bonds. The third kappa shape index (κ3) is 4.11. The first-order valence-corrected chi connectivity index (χ1v) is 7.55. The molecular formula is C16H25ClN2O. The van der Waals surface area contributed by atoms with E-state index in [0.717, 1.165) is 30.4 Å². The zero-order valence-corrected chi connectivity index (χ0v) is 13.6. The van der Waals surface area contributed by atoms with Crippen molar-refractivity contribution < 1.29 is 4.74 Å². The summed E-state index contributed by atoms with van der Waals surface area (Å²) >= 11 is 5.87. The average molecular weight is 297 g/mol. The first-order chi connectivity index (χ1) is 9.28. The van der Waals surface area contributed by atoms with Crippen molar-refractivity contribution in [1.82, 2.24) is 10.2 Å². The molecule has 2 rings (SSSR count). The van der Waals surface area contributed by atoms with Gasteiger partial charge < -0.3 is 10.1 Å². The molecule has 0 bridgehead atoms. The van der Waals surface area contributed by atoms with Crippen LogP contribution in [0.4, 0.5) is 0 Å². The smallest absolute Gasteiger partial charge is 0.119 e. The van der Waals surface area contributed by atoms with Gasteiger partial charge in [0.15, 0.2) is 0 Å². The van der Waals surface area contributed by atoms with Gasteiger partial charge in [0, 0.05) is 35.7 Å². The van der Waals surface area contributed by atoms with Crippen LogP contribution in [0.1, 0.15) is 27.7 Å². The maximum absolute atomic E-state index is 5.87. The van der Waals surface area contributed by atoms with Crippen LogP contribution in [-0.2, 0) is 0 Å². The van der Waals surface area contributed by atoms with Crippen LogP contribution in [0.15, 0.2) is 24.3 Å². The second-order valence-electron chi connectivity index (χ2n) is 6.77. The molecule has 1 aromatic carbocycles. The number of halogens is 1. The van der Waals surface area contributed by atoms with Gasteiger partial charge in [-0.3, -0.25) is 4.90 Å². The van der Waals surface area contributed by atoms with Gasteiger partial charge in [-0.25, -0.2) is 0 Å². The van der Waals surface area contributed by atoms with Crippen molar-refractivity contribution >= 4 is 11.6 Å². The van der Waals surface area contributed by atoms with Gasteiger partial charge in [-0.2, -0.15) is 0 Å². The number of rotatable bonds is 4. The fourth-order valence-electron chi connectivity index (χ4n) is 2.50. The summed E-state index contributed by atoms with van der Waals surface area (Å²) in [4.78, 5) is 2.50. The van der Waals surface area contributed by atoms with Crippen molar-refractivity contribution in [2.24, 2.45) is 0 Å². The number of hydrogen-bond acceptors (Lipinski definition) is 3. The van der Waals surface area contributed by atoms with Crippen molar-refractivity contribution in [1.29, 1.82) is 0 Å². The minimum absolute atomic E-state index is 0.162. The van der Waals surface area contributed by atoms with E-state index in [2.05, 4.69) is 37.9 Å². The Morgan fingerprint density at radius 3 is 2.50 bits per heavy atom. The Bertz CT molecular complexity index is 442. The molecule has 0 saturated carbocycles. The van der Waals surface area contributed by atoms with Gasteiger partial charge in [0.25, 0.3) is 0 Å². The van der Waals surface area contributed by atoms with E-state index in [1.165, 1.54) is 0 Å².